The molecule has 3 N–H and O–H groups in total. The van der Waals surface area contributed by atoms with Crippen LogP contribution in [0, 0.1) is 0 Å². The van der Waals surface area contributed by atoms with Gasteiger partial charge in [-0.25, -0.2) is 9.97 Å². The Morgan fingerprint density at radius 1 is 1.00 bits per heavy atom. The summed E-state index contributed by atoms with van der Waals surface area (Å²) in [5.74, 6) is 0.321. The monoisotopic (exact) mass is 387 g/mol. The van der Waals surface area contributed by atoms with Gasteiger partial charge in [0, 0.05) is 35.8 Å². The highest BCUT2D eigenvalue weighted by molar-refractivity contribution is 6.04. The van der Waals surface area contributed by atoms with Crippen LogP contribution in [0.15, 0.2) is 67.0 Å². The van der Waals surface area contributed by atoms with Crippen LogP contribution in [0.5, 0.6) is 0 Å². The molecule has 1 unspecified atom stereocenters. The van der Waals surface area contributed by atoms with E-state index in [-0.39, 0.29) is 17.9 Å². The molecule has 1 aliphatic heterocycles. The van der Waals surface area contributed by atoms with Crippen LogP contribution in [0.2, 0.25) is 0 Å². The van der Waals surface area contributed by atoms with E-state index in [1.54, 1.807) is 36.7 Å². The Morgan fingerprint density at radius 2 is 1.79 bits per heavy atom. The quantitative estimate of drug-likeness (QED) is 0.619. The van der Waals surface area contributed by atoms with Crippen molar-refractivity contribution in [3.8, 4) is 0 Å². The number of anilines is 3. The van der Waals surface area contributed by atoms with Gasteiger partial charge in [0.25, 0.3) is 5.91 Å². The summed E-state index contributed by atoms with van der Waals surface area (Å²) >= 11 is 0. The molecule has 0 bridgehead atoms. The SMILES string of the molecule is O=C1CCCC(c2cccc(NC(=O)c3cccc(Nc4ncccn4)c3)c2)N1. The summed E-state index contributed by atoms with van der Waals surface area (Å²) in [5, 5.41) is 9.01. The predicted molar refractivity (Wildman–Crippen MR) is 111 cm³/mol. The number of amides is 2. The zero-order valence-corrected chi connectivity index (χ0v) is 15.8. The Kier molecular flexibility index (Phi) is 5.47. The molecule has 146 valence electrons. The minimum absolute atomic E-state index is 0.00787. The Labute approximate surface area is 168 Å². The molecule has 1 saturated heterocycles. The number of hydrogen-bond acceptors (Lipinski definition) is 5. The molecule has 3 aromatic rings. The third-order valence-corrected chi connectivity index (χ3v) is 4.73. The summed E-state index contributed by atoms with van der Waals surface area (Å²) in [6, 6.07) is 16.5. The van der Waals surface area contributed by atoms with E-state index in [1.165, 1.54) is 0 Å². The molecule has 2 amide bonds. The van der Waals surface area contributed by atoms with Crippen molar-refractivity contribution in [2.45, 2.75) is 25.3 Å². The molecule has 0 spiro atoms. The Hall–Kier alpha value is -3.74. The second kappa shape index (κ2) is 8.52. The second-order valence-electron chi connectivity index (χ2n) is 6.87. The molecular weight excluding hydrogens is 366 g/mol. The number of aromatic nitrogens is 2. The van der Waals surface area contributed by atoms with E-state index >= 15 is 0 Å². The number of nitrogens with zero attached hydrogens (tertiary/aromatic N) is 2. The van der Waals surface area contributed by atoms with Crippen molar-refractivity contribution >= 4 is 29.1 Å². The zero-order chi connectivity index (χ0) is 20.1. The van der Waals surface area contributed by atoms with E-state index in [0.717, 1.165) is 24.1 Å². The fourth-order valence-corrected chi connectivity index (χ4v) is 3.32. The van der Waals surface area contributed by atoms with Gasteiger partial charge in [0.15, 0.2) is 0 Å². The van der Waals surface area contributed by atoms with Crippen LogP contribution in [0.25, 0.3) is 0 Å². The van der Waals surface area contributed by atoms with Crippen LogP contribution in [-0.4, -0.2) is 21.8 Å². The van der Waals surface area contributed by atoms with Crippen LogP contribution >= 0.6 is 0 Å². The zero-order valence-electron chi connectivity index (χ0n) is 15.8. The highest BCUT2D eigenvalue weighted by Gasteiger charge is 2.20. The van der Waals surface area contributed by atoms with E-state index in [4.69, 9.17) is 0 Å². The second-order valence-corrected chi connectivity index (χ2v) is 6.87. The first kappa shape index (κ1) is 18.6. The van der Waals surface area contributed by atoms with Crippen molar-refractivity contribution in [1.82, 2.24) is 15.3 Å². The molecule has 29 heavy (non-hydrogen) atoms. The molecule has 1 fully saturated rings. The molecule has 2 heterocycles. The Morgan fingerprint density at radius 3 is 2.62 bits per heavy atom. The van der Waals surface area contributed by atoms with E-state index in [2.05, 4.69) is 25.9 Å². The number of carbonyl (C=O) groups excluding carboxylic acids is 2. The lowest BCUT2D eigenvalue weighted by Crippen LogP contribution is -2.32. The highest BCUT2D eigenvalue weighted by Crippen LogP contribution is 2.25. The largest absolute Gasteiger partial charge is 0.349 e. The summed E-state index contributed by atoms with van der Waals surface area (Å²) in [6.07, 6.45) is 5.64. The number of hydrogen-bond donors (Lipinski definition) is 3. The average Bonchev–Trinajstić information content (AvgIpc) is 2.75. The number of rotatable bonds is 5. The molecule has 0 radical (unpaired) electrons. The van der Waals surface area contributed by atoms with E-state index in [9.17, 15) is 9.59 Å². The minimum Gasteiger partial charge on any atom is -0.349 e. The molecule has 2 aromatic carbocycles. The fraction of sp³-hybridized carbons (Fsp3) is 0.182. The van der Waals surface area contributed by atoms with Crippen LogP contribution < -0.4 is 16.0 Å². The standard InChI is InChI=1S/C22H21N5O2/c28-20-10-3-9-19(27-20)15-5-1-7-17(13-15)25-21(29)16-6-2-8-18(14-16)26-22-23-11-4-12-24-22/h1-2,4-8,11-14,19H,3,9-10H2,(H,25,29)(H,27,28)(H,23,24,26). The Balaban J connectivity index is 1.46. The summed E-state index contributed by atoms with van der Waals surface area (Å²) in [4.78, 5) is 32.6. The van der Waals surface area contributed by atoms with Gasteiger partial charge in [-0.2, -0.15) is 0 Å². The van der Waals surface area contributed by atoms with Crippen molar-refractivity contribution in [1.29, 1.82) is 0 Å². The first-order valence-electron chi connectivity index (χ1n) is 9.52. The first-order chi connectivity index (χ1) is 14.2. The third-order valence-electron chi connectivity index (χ3n) is 4.73. The molecular formula is C22H21N5O2. The normalized spacial score (nSPS) is 16.0. The van der Waals surface area contributed by atoms with E-state index in [1.807, 2.05) is 30.3 Å². The van der Waals surface area contributed by atoms with E-state index in [0.29, 0.717) is 23.6 Å². The van der Waals surface area contributed by atoms with Gasteiger partial charge in [0.1, 0.15) is 0 Å². The minimum atomic E-state index is -0.215. The molecule has 7 nitrogen and oxygen atoms in total. The maximum atomic E-state index is 12.7. The van der Waals surface area contributed by atoms with Crippen molar-refractivity contribution in [3.63, 3.8) is 0 Å². The van der Waals surface area contributed by atoms with E-state index < -0.39 is 0 Å². The first-order valence-corrected chi connectivity index (χ1v) is 9.52. The lowest BCUT2D eigenvalue weighted by molar-refractivity contribution is -0.123. The average molecular weight is 387 g/mol. The molecule has 1 atom stereocenters. The van der Waals surface area contributed by atoms with Crippen LogP contribution in [0.3, 0.4) is 0 Å². The highest BCUT2D eigenvalue weighted by atomic mass is 16.2. The van der Waals surface area contributed by atoms with Crippen molar-refractivity contribution < 1.29 is 9.59 Å². The number of nitrogens with one attached hydrogen (secondary N) is 3. The third kappa shape index (κ3) is 4.76. The maximum absolute atomic E-state index is 12.7. The number of carbonyl (C=O) groups is 2. The van der Waals surface area contributed by atoms with Crippen LogP contribution in [-0.2, 0) is 4.79 Å². The maximum Gasteiger partial charge on any atom is 0.255 e. The summed E-state index contributed by atoms with van der Waals surface area (Å²) < 4.78 is 0. The van der Waals surface area contributed by atoms with Gasteiger partial charge in [0.2, 0.25) is 11.9 Å². The van der Waals surface area contributed by atoms with Gasteiger partial charge < -0.3 is 16.0 Å². The van der Waals surface area contributed by atoms with Gasteiger partial charge in [-0.05, 0) is 54.8 Å². The van der Waals surface area contributed by atoms with Gasteiger partial charge in [0.05, 0.1) is 6.04 Å². The summed E-state index contributed by atoms with van der Waals surface area (Å²) in [5.41, 5.74) is 2.93. The Bertz CT molecular complexity index is 1020. The predicted octanol–water partition coefficient (Wildman–Crippen LogP) is 3.81. The van der Waals surface area contributed by atoms with Crippen molar-refractivity contribution in [3.05, 3.63) is 78.1 Å². The molecule has 1 aromatic heterocycles. The molecule has 0 saturated carbocycles. The fourth-order valence-electron chi connectivity index (χ4n) is 3.32. The van der Waals surface area contributed by atoms with Gasteiger partial charge in [-0.15, -0.1) is 0 Å². The number of piperidine rings is 1. The lowest BCUT2D eigenvalue weighted by Gasteiger charge is -2.24. The lowest BCUT2D eigenvalue weighted by atomic mass is 9.97. The molecule has 7 heteroatoms. The topological polar surface area (TPSA) is 96.0 Å². The summed E-state index contributed by atoms with van der Waals surface area (Å²) in [6.45, 7) is 0. The van der Waals surface area contributed by atoms with Crippen molar-refractivity contribution in [2.24, 2.45) is 0 Å². The van der Waals surface area contributed by atoms with Crippen LogP contribution in [0.1, 0.15) is 41.2 Å². The van der Waals surface area contributed by atoms with Gasteiger partial charge in [-0.1, -0.05) is 18.2 Å². The van der Waals surface area contributed by atoms with Crippen molar-refractivity contribution in [2.75, 3.05) is 10.6 Å². The smallest absolute Gasteiger partial charge is 0.255 e. The van der Waals surface area contributed by atoms with Gasteiger partial charge >= 0.3 is 0 Å². The molecule has 4 rings (SSSR count). The summed E-state index contributed by atoms with van der Waals surface area (Å²) in [7, 11) is 0. The van der Waals surface area contributed by atoms with Crippen LogP contribution in [0.4, 0.5) is 17.3 Å². The molecule has 0 aliphatic carbocycles. The number of benzene rings is 2. The van der Waals surface area contributed by atoms with Gasteiger partial charge in [-0.3, -0.25) is 9.59 Å². The molecule has 1 aliphatic rings.